The van der Waals surface area contributed by atoms with Crippen LogP contribution in [0.1, 0.15) is 12.5 Å². The summed E-state index contributed by atoms with van der Waals surface area (Å²) in [4.78, 5) is -0.534. The number of alkyl halides is 3. The Hall–Kier alpha value is -0.830. The maximum absolute atomic E-state index is 12.7. The molecule has 1 aromatic rings. The number of benzene rings is 1. The van der Waals surface area contributed by atoms with Crippen molar-refractivity contribution < 1.29 is 26.3 Å². The molecule has 0 saturated carbocycles. The molecule has 0 unspecified atom stereocenters. The van der Waals surface area contributed by atoms with Crippen LogP contribution in [0.15, 0.2) is 23.1 Å². The van der Waals surface area contributed by atoms with Crippen molar-refractivity contribution in [1.82, 2.24) is 4.31 Å². The van der Waals surface area contributed by atoms with Gasteiger partial charge < -0.3 is 4.74 Å². The highest BCUT2D eigenvalue weighted by Crippen LogP contribution is 2.34. The molecule has 0 N–H and O–H groups in total. The Morgan fingerprint density at radius 2 is 2.05 bits per heavy atom. The van der Waals surface area contributed by atoms with Crippen LogP contribution in [0.3, 0.4) is 0 Å². The molecule has 0 aliphatic carbocycles. The highest BCUT2D eigenvalue weighted by atomic mass is 35.5. The van der Waals surface area contributed by atoms with Gasteiger partial charge in [-0.25, -0.2) is 8.42 Å². The van der Waals surface area contributed by atoms with E-state index in [1.54, 1.807) is 6.92 Å². The summed E-state index contributed by atoms with van der Waals surface area (Å²) in [5.41, 5.74) is -1.05. The first-order chi connectivity index (χ1) is 9.64. The minimum Gasteiger partial charge on any atom is -0.378 e. The van der Waals surface area contributed by atoms with Gasteiger partial charge in [-0.2, -0.15) is 17.5 Å². The summed E-state index contributed by atoms with van der Waals surface area (Å²) in [7, 11) is -4.10. The van der Waals surface area contributed by atoms with Crippen molar-refractivity contribution in [2.45, 2.75) is 24.0 Å². The van der Waals surface area contributed by atoms with Gasteiger partial charge >= 0.3 is 6.18 Å². The molecule has 4 nitrogen and oxygen atoms in total. The lowest BCUT2D eigenvalue weighted by molar-refractivity contribution is -0.137. The van der Waals surface area contributed by atoms with Gasteiger partial charge in [-0.3, -0.25) is 0 Å². The number of hydrogen-bond acceptors (Lipinski definition) is 3. The maximum atomic E-state index is 12.7. The topological polar surface area (TPSA) is 46.6 Å². The minimum atomic E-state index is -4.63. The Balaban J connectivity index is 2.49. The van der Waals surface area contributed by atoms with E-state index in [1.807, 2.05) is 0 Å². The van der Waals surface area contributed by atoms with Gasteiger partial charge in [0.2, 0.25) is 10.0 Å². The minimum absolute atomic E-state index is 0.0794. The number of sulfonamides is 1. The number of rotatable bonds is 2. The maximum Gasteiger partial charge on any atom is 0.416 e. The summed E-state index contributed by atoms with van der Waals surface area (Å²) in [6.45, 7) is 2.09. The summed E-state index contributed by atoms with van der Waals surface area (Å²) in [5, 5.41) is -0.235. The van der Waals surface area contributed by atoms with Crippen LogP contribution in [-0.2, 0) is 20.9 Å². The van der Waals surface area contributed by atoms with Crippen molar-refractivity contribution in [2.24, 2.45) is 0 Å². The second-order valence-electron chi connectivity index (χ2n) is 4.68. The van der Waals surface area contributed by atoms with Gasteiger partial charge in [0.15, 0.2) is 0 Å². The molecular formula is C12H13ClF3NO3S. The fourth-order valence-electron chi connectivity index (χ4n) is 2.07. The van der Waals surface area contributed by atoms with Crippen LogP contribution >= 0.6 is 11.6 Å². The van der Waals surface area contributed by atoms with Crippen molar-refractivity contribution in [3.63, 3.8) is 0 Å². The number of ether oxygens (including phenoxy) is 1. The molecule has 1 aromatic carbocycles. The molecule has 1 fully saturated rings. The van der Waals surface area contributed by atoms with Crippen LogP contribution in [0.25, 0.3) is 0 Å². The van der Waals surface area contributed by atoms with Gasteiger partial charge in [0, 0.05) is 12.6 Å². The highest BCUT2D eigenvalue weighted by Gasteiger charge is 2.36. The molecule has 1 saturated heterocycles. The third-order valence-electron chi connectivity index (χ3n) is 3.15. The van der Waals surface area contributed by atoms with E-state index in [4.69, 9.17) is 16.3 Å². The van der Waals surface area contributed by atoms with Crippen molar-refractivity contribution in [2.75, 3.05) is 19.8 Å². The van der Waals surface area contributed by atoms with Crippen molar-refractivity contribution in [1.29, 1.82) is 0 Å². The molecule has 118 valence electrons. The molecule has 0 bridgehead atoms. The average Bonchev–Trinajstić information content (AvgIpc) is 2.37. The molecule has 21 heavy (non-hydrogen) atoms. The average molecular weight is 344 g/mol. The monoisotopic (exact) mass is 343 g/mol. The Morgan fingerprint density at radius 1 is 1.38 bits per heavy atom. The zero-order valence-electron chi connectivity index (χ0n) is 11.0. The van der Waals surface area contributed by atoms with Crippen LogP contribution in [-0.4, -0.2) is 38.5 Å². The first-order valence-electron chi connectivity index (χ1n) is 6.10. The van der Waals surface area contributed by atoms with Crippen molar-refractivity contribution in [3.05, 3.63) is 28.8 Å². The van der Waals surface area contributed by atoms with Crippen LogP contribution < -0.4 is 0 Å². The summed E-state index contributed by atoms with van der Waals surface area (Å²) < 4.78 is 69.5. The van der Waals surface area contributed by atoms with E-state index >= 15 is 0 Å². The Morgan fingerprint density at radius 3 is 2.62 bits per heavy atom. The Bertz CT molecular complexity index is 633. The van der Waals surface area contributed by atoms with E-state index in [0.29, 0.717) is 6.07 Å². The molecule has 0 spiro atoms. The fraction of sp³-hybridized carbons (Fsp3) is 0.500. The van der Waals surface area contributed by atoms with Crippen LogP contribution in [0.4, 0.5) is 13.2 Å². The Kier molecular flexibility index (Phi) is 4.53. The molecule has 2 rings (SSSR count). The van der Waals surface area contributed by atoms with E-state index in [1.165, 1.54) is 0 Å². The van der Waals surface area contributed by atoms with Gasteiger partial charge in [0.05, 0.1) is 23.8 Å². The van der Waals surface area contributed by atoms with Gasteiger partial charge in [0.25, 0.3) is 0 Å². The van der Waals surface area contributed by atoms with Gasteiger partial charge in [-0.15, -0.1) is 0 Å². The van der Waals surface area contributed by atoms with E-state index in [2.05, 4.69) is 0 Å². The predicted molar refractivity (Wildman–Crippen MR) is 70.6 cm³/mol. The Labute approximate surface area is 125 Å². The van der Waals surface area contributed by atoms with Gasteiger partial charge in [0.1, 0.15) is 4.90 Å². The van der Waals surface area contributed by atoms with E-state index in [-0.39, 0.29) is 24.8 Å². The van der Waals surface area contributed by atoms with Gasteiger partial charge in [-0.05, 0) is 25.1 Å². The molecule has 1 aliphatic heterocycles. The standard InChI is InChI=1S/C12H13ClF3NO3S/c1-8-7-20-5-4-17(8)21(18,19)11-6-9(12(14,15)16)2-3-10(11)13/h2-3,6,8H,4-5,7H2,1H3/t8-/m0/s1. The van der Waals surface area contributed by atoms with Crippen LogP contribution in [0.5, 0.6) is 0 Å². The number of halogens is 4. The van der Waals surface area contributed by atoms with E-state index < -0.39 is 32.7 Å². The molecule has 0 aromatic heterocycles. The molecule has 9 heteroatoms. The van der Waals surface area contributed by atoms with Crippen molar-refractivity contribution >= 4 is 21.6 Å². The SMILES string of the molecule is C[C@H]1COCCN1S(=O)(=O)c1cc(C(F)(F)F)ccc1Cl. The normalized spacial score (nSPS) is 21.5. The third-order valence-corrected chi connectivity index (χ3v) is 5.65. The lowest BCUT2D eigenvalue weighted by Gasteiger charge is -2.32. The highest BCUT2D eigenvalue weighted by molar-refractivity contribution is 7.89. The molecule has 1 atom stereocenters. The molecule has 0 radical (unpaired) electrons. The lowest BCUT2D eigenvalue weighted by Crippen LogP contribution is -2.47. The second-order valence-corrected chi connectivity index (χ2v) is 6.95. The zero-order chi connectivity index (χ0) is 15.8. The number of hydrogen-bond donors (Lipinski definition) is 0. The van der Waals surface area contributed by atoms with Gasteiger partial charge in [-0.1, -0.05) is 11.6 Å². The molecule has 1 aliphatic rings. The van der Waals surface area contributed by atoms with Crippen LogP contribution in [0, 0.1) is 0 Å². The number of morpholine rings is 1. The van der Waals surface area contributed by atoms with Crippen LogP contribution in [0.2, 0.25) is 5.02 Å². The van der Waals surface area contributed by atoms with Crippen molar-refractivity contribution in [3.8, 4) is 0 Å². The lowest BCUT2D eigenvalue weighted by atomic mass is 10.2. The largest absolute Gasteiger partial charge is 0.416 e. The number of nitrogens with zero attached hydrogens (tertiary/aromatic N) is 1. The third kappa shape index (κ3) is 3.33. The summed E-state index contributed by atoms with van der Waals surface area (Å²) >= 11 is 5.79. The first kappa shape index (κ1) is 16.5. The summed E-state index contributed by atoms with van der Waals surface area (Å²) in [6, 6.07) is 1.81. The molecular weight excluding hydrogens is 331 g/mol. The van der Waals surface area contributed by atoms with E-state index in [9.17, 15) is 21.6 Å². The smallest absolute Gasteiger partial charge is 0.378 e. The second kappa shape index (κ2) is 5.75. The summed E-state index contributed by atoms with van der Waals surface area (Å²) in [5.74, 6) is 0. The summed E-state index contributed by atoms with van der Waals surface area (Å²) in [6.07, 6.45) is -4.63. The molecule has 1 heterocycles. The zero-order valence-corrected chi connectivity index (χ0v) is 12.6. The van der Waals surface area contributed by atoms with E-state index in [0.717, 1.165) is 16.4 Å². The quantitative estimate of drug-likeness (QED) is 0.829. The molecule has 0 amide bonds. The first-order valence-corrected chi connectivity index (χ1v) is 7.92. The fourth-order valence-corrected chi connectivity index (χ4v) is 4.18. The predicted octanol–water partition coefficient (Wildman–Crippen LogP) is 2.77.